The summed E-state index contributed by atoms with van der Waals surface area (Å²) in [7, 11) is -1.22. The molecule has 4 rings (SSSR count). The minimum atomic E-state index is -3.04. The standard InChI is InChI=1S/C25H28N4O3S2/c1-3-15-29-24(21-14-16-34(31,32)18-21)26-27-25(29)33-17-22(30)28(2)23(19-10-6-4-7-11-19)20-12-8-5-9-13-20/h3-13,21,23H,1,14-18H2,2H3. The fraction of sp³-hybridized carbons (Fsp3) is 0.320. The molecule has 0 saturated carbocycles. The van der Waals surface area contributed by atoms with Crippen LogP contribution in [0.3, 0.4) is 0 Å². The third-order valence-corrected chi connectivity index (χ3v) is 8.71. The summed E-state index contributed by atoms with van der Waals surface area (Å²) >= 11 is 1.31. The first kappa shape index (κ1) is 24.2. The number of hydrogen-bond acceptors (Lipinski definition) is 6. The maximum atomic E-state index is 13.3. The molecular formula is C25H28N4O3S2. The number of carbonyl (C=O) groups is 1. The van der Waals surface area contributed by atoms with E-state index in [4.69, 9.17) is 0 Å². The van der Waals surface area contributed by atoms with E-state index in [0.717, 1.165) is 11.1 Å². The van der Waals surface area contributed by atoms with Gasteiger partial charge in [-0.1, -0.05) is 78.5 Å². The molecule has 1 saturated heterocycles. The Balaban J connectivity index is 1.52. The number of rotatable bonds is 9. The van der Waals surface area contributed by atoms with Crippen LogP contribution < -0.4 is 0 Å². The van der Waals surface area contributed by atoms with Crippen LogP contribution in [0.4, 0.5) is 0 Å². The quantitative estimate of drug-likeness (QED) is 0.332. The average Bonchev–Trinajstić information content (AvgIpc) is 3.41. The van der Waals surface area contributed by atoms with Crippen LogP contribution in [0.2, 0.25) is 0 Å². The Morgan fingerprint density at radius 2 is 1.76 bits per heavy atom. The Morgan fingerprint density at radius 3 is 2.29 bits per heavy atom. The minimum Gasteiger partial charge on any atom is -0.334 e. The molecule has 178 valence electrons. The van der Waals surface area contributed by atoms with Gasteiger partial charge in [-0.25, -0.2) is 8.42 Å². The molecule has 2 heterocycles. The Morgan fingerprint density at radius 1 is 1.15 bits per heavy atom. The van der Waals surface area contributed by atoms with Crippen LogP contribution >= 0.6 is 11.8 Å². The van der Waals surface area contributed by atoms with Gasteiger partial charge in [0.05, 0.1) is 23.3 Å². The summed E-state index contributed by atoms with van der Waals surface area (Å²) in [6.45, 7) is 4.27. The zero-order chi connectivity index (χ0) is 24.1. The molecule has 1 aliphatic heterocycles. The van der Waals surface area contributed by atoms with E-state index >= 15 is 0 Å². The van der Waals surface area contributed by atoms with E-state index in [1.165, 1.54) is 11.8 Å². The highest BCUT2D eigenvalue weighted by molar-refractivity contribution is 7.99. The van der Waals surface area contributed by atoms with Gasteiger partial charge in [0.15, 0.2) is 15.0 Å². The van der Waals surface area contributed by atoms with Crippen LogP contribution in [0, 0.1) is 0 Å². The highest BCUT2D eigenvalue weighted by Crippen LogP contribution is 2.31. The van der Waals surface area contributed by atoms with Crippen molar-refractivity contribution in [2.75, 3.05) is 24.3 Å². The summed E-state index contributed by atoms with van der Waals surface area (Å²) in [5, 5.41) is 9.17. The molecule has 0 bridgehead atoms. The Labute approximate surface area is 204 Å². The Hall–Kier alpha value is -2.91. The van der Waals surface area contributed by atoms with E-state index in [0.29, 0.717) is 23.9 Å². The molecule has 1 amide bonds. The lowest BCUT2D eigenvalue weighted by Crippen LogP contribution is -2.33. The molecular weight excluding hydrogens is 468 g/mol. The van der Waals surface area contributed by atoms with Crippen LogP contribution in [0.25, 0.3) is 0 Å². The van der Waals surface area contributed by atoms with Crippen LogP contribution in [-0.2, 0) is 21.2 Å². The van der Waals surface area contributed by atoms with Gasteiger partial charge in [0.1, 0.15) is 5.82 Å². The number of aromatic nitrogens is 3. The maximum Gasteiger partial charge on any atom is 0.233 e. The van der Waals surface area contributed by atoms with Crippen molar-refractivity contribution in [1.82, 2.24) is 19.7 Å². The first-order valence-electron chi connectivity index (χ1n) is 11.1. The van der Waals surface area contributed by atoms with Gasteiger partial charge in [-0.05, 0) is 17.5 Å². The van der Waals surface area contributed by atoms with E-state index in [-0.39, 0.29) is 35.1 Å². The normalized spacial score (nSPS) is 17.1. The van der Waals surface area contributed by atoms with Crippen molar-refractivity contribution in [2.24, 2.45) is 0 Å². The Kier molecular flexibility index (Phi) is 7.53. The summed E-state index contributed by atoms with van der Waals surface area (Å²) in [6.07, 6.45) is 2.27. The molecule has 1 aliphatic rings. The van der Waals surface area contributed by atoms with Crippen molar-refractivity contribution in [1.29, 1.82) is 0 Å². The number of nitrogens with zero attached hydrogens (tertiary/aromatic N) is 4. The second-order valence-electron chi connectivity index (χ2n) is 8.36. The third kappa shape index (κ3) is 5.42. The van der Waals surface area contributed by atoms with Crippen LogP contribution in [0.5, 0.6) is 0 Å². The number of hydrogen-bond donors (Lipinski definition) is 0. The van der Waals surface area contributed by atoms with Gasteiger partial charge in [0, 0.05) is 19.5 Å². The summed E-state index contributed by atoms with van der Waals surface area (Å²) in [5.41, 5.74) is 2.07. The van der Waals surface area contributed by atoms with Crippen LogP contribution in [-0.4, -0.2) is 58.3 Å². The molecule has 0 N–H and O–H groups in total. The number of thioether (sulfide) groups is 1. The largest absolute Gasteiger partial charge is 0.334 e. The van der Waals surface area contributed by atoms with E-state index in [1.807, 2.05) is 72.3 Å². The third-order valence-electron chi connectivity index (χ3n) is 5.99. The highest BCUT2D eigenvalue weighted by atomic mass is 32.2. The molecule has 0 spiro atoms. The van der Waals surface area contributed by atoms with Gasteiger partial charge < -0.3 is 9.47 Å². The minimum absolute atomic E-state index is 0.0409. The molecule has 1 atom stereocenters. The van der Waals surface area contributed by atoms with Gasteiger partial charge in [0.2, 0.25) is 5.91 Å². The first-order valence-corrected chi connectivity index (χ1v) is 13.9. The van der Waals surface area contributed by atoms with E-state index in [2.05, 4.69) is 16.8 Å². The first-order chi connectivity index (χ1) is 16.4. The molecule has 34 heavy (non-hydrogen) atoms. The van der Waals surface area contributed by atoms with Gasteiger partial charge in [-0.15, -0.1) is 16.8 Å². The number of carbonyl (C=O) groups excluding carboxylic acids is 1. The van der Waals surface area contributed by atoms with Gasteiger partial charge in [-0.3, -0.25) is 4.79 Å². The number of allylic oxidation sites excluding steroid dienone is 1. The zero-order valence-corrected chi connectivity index (χ0v) is 20.7. The lowest BCUT2D eigenvalue weighted by atomic mass is 9.97. The molecule has 3 aromatic rings. The molecule has 2 aromatic carbocycles. The monoisotopic (exact) mass is 496 g/mol. The predicted molar refractivity (Wildman–Crippen MR) is 134 cm³/mol. The predicted octanol–water partition coefficient (Wildman–Crippen LogP) is 3.71. The van der Waals surface area contributed by atoms with Gasteiger partial charge in [0.25, 0.3) is 0 Å². The summed E-state index contributed by atoms with van der Waals surface area (Å²) in [4.78, 5) is 15.0. The van der Waals surface area contributed by atoms with Crippen molar-refractivity contribution < 1.29 is 13.2 Å². The van der Waals surface area contributed by atoms with E-state index in [9.17, 15) is 13.2 Å². The second kappa shape index (κ2) is 10.6. The SMILES string of the molecule is C=CCn1c(SCC(=O)N(C)C(c2ccccc2)c2ccccc2)nnc1C1CCS(=O)(=O)C1. The van der Waals surface area contributed by atoms with Crippen molar-refractivity contribution in [3.05, 3.63) is 90.3 Å². The summed E-state index contributed by atoms with van der Waals surface area (Å²) < 4.78 is 25.8. The Bertz CT molecular complexity index is 1200. The second-order valence-corrected chi connectivity index (χ2v) is 11.5. The molecule has 1 fully saturated rings. The van der Waals surface area contributed by atoms with Crippen molar-refractivity contribution in [3.63, 3.8) is 0 Å². The molecule has 1 aromatic heterocycles. The average molecular weight is 497 g/mol. The maximum absolute atomic E-state index is 13.3. The molecule has 0 radical (unpaired) electrons. The van der Waals surface area contributed by atoms with Crippen molar-refractivity contribution in [2.45, 2.75) is 30.1 Å². The number of benzene rings is 2. The van der Waals surface area contributed by atoms with Crippen molar-refractivity contribution in [3.8, 4) is 0 Å². The molecule has 9 heteroatoms. The summed E-state index contributed by atoms with van der Waals surface area (Å²) in [6, 6.07) is 19.7. The number of amides is 1. The lowest BCUT2D eigenvalue weighted by molar-refractivity contribution is -0.128. The topological polar surface area (TPSA) is 85.2 Å². The van der Waals surface area contributed by atoms with E-state index < -0.39 is 9.84 Å². The fourth-order valence-electron chi connectivity index (χ4n) is 4.29. The summed E-state index contributed by atoms with van der Waals surface area (Å²) in [5.74, 6) is 0.877. The van der Waals surface area contributed by atoms with Gasteiger partial charge >= 0.3 is 0 Å². The van der Waals surface area contributed by atoms with Crippen molar-refractivity contribution >= 4 is 27.5 Å². The smallest absolute Gasteiger partial charge is 0.233 e. The molecule has 1 unspecified atom stereocenters. The zero-order valence-electron chi connectivity index (χ0n) is 19.1. The highest BCUT2D eigenvalue weighted by Gasteiger charge is 2.33. The molecule has 7 nitrogen and oxygen atoms in total. The van der Waals surface area contributed by atoms with E-state index in [1.54, 1.807) is 11.0 Å². The van der Waals surface area contributed by atoms with Crippen LogP contribution in [0.15, 0.2) is 78.5 Å². The van der Waals surface area contributed by atoms with Crippen LogP contribution in [0.1, 0.15) is 35.3 Å². The van der Waals surface area contributed by atoms with Gasteiger partial charge in [-0.2, -0.15) is 0 Å². The fourth-order valence-corrected chi connectivity index (χ4v) is 6.91. The number of sulfone groups is 1. The molecule has 0 aliphatic carbocycles. The lowest BCUT2D eigenvalue weighted by Gasteiger charge is -2.29.